The van der Waals surface area contributed by atoms with Gasteiger partial charge in [-0.1, -0.05) is 31.0 Å². The summed E-state index contributed by atoms with van der Waals surface area (Å²) in [6.07, 6.45) is 4.11. The molecule has 1 atom stereocenters. The summed E-state index contributed by atoms with van der Waals surface area (Å²) >= 11 is 0. The maximum absolute atomic E-state index is 5.45. The van der Waals surface area contributed by atoms with E-state index in [2.05, 4.69) is 44.3 Å². The number of benzene rings is 1. The van der Waals surface area contributed by atoms with Gasteiger partial charge in [-0.25, -0.2) is 0 Å². The highest BCUT2D eigenvalue weighted by Crippen LogP contribution is 2.40. The molecule has 1 aromatic carbocycles. The van der Waals surface area contributed by atoms with Crippen LogP contribution in [0.5, 0.6) is 5.75 Å². The molecule has 1 aliphatic rings. The minimum absolute atomic E-state index is 0.345. The number of aryl methyl sites for hydroxylation is 1. The predicted molar refractivity (Wildman–Crippen MR) is 76.1 cm³/mol. The van der Waals surface area contributed by atoms with E-state index >= 15 is 0 Å². The van der Waals surface area contributed by atoms with E-state index in [4.69, 9.17) is 4.74 Å². The lowest BCUT2D eigenvalue weighted by Crippen LogP contribution is -2.38. The van der Waals surface area contributed by atoms with Crippen molar-refractivity contribution in [2.45, 2.75) is 46.1 Å². The van der Waals surface area contributed by atoms with Gasteiger partial charge in [0, 0.05) is 18.2 Å². The average molecular weight is 247 g/mol. The van der Waals surface area contributed by atoms with Gasteiger partial charge in [0.15, 0.2) is 0 Å². The zero-order chi connectivity index (χ0) is 13.2. The van der Waals surface area contributed by atoms with Gasteiger partial charge in [-0.3, -0.25) is 0 Å². The highest BCUT2D eigenvalue weighted by Gasteiger charge is 2.31. The molecule has 18 heavy (non-hydrogen) atoms. The third-order valence-corrected chi connectivity index (χ3v) is 4.25. The number of ether oxygens (including phenoxy) is 1. The van der Waals surface area contributed by atoms with Crippen molar-refractivity contribution in [3.8, 4) is 5.75 Å². The summed E-state index contributed by atoms with van der Waals surface area (Å²) in [4.78, 5) is 0. The van der Waals surface area contributed by atoms with Crippen LogP contribution in [0.1, 0.15) is 50.3 Å². The quantitative estimate of drug-likeness (QED) is 0.853. The van der Waals surface area contributed by atoms with Crippen LogP contribution < -0.4 is 10.1 Å². The fourth-order valence-corrected chi connectivity index (χ4v) is 2.66. The molecule has 1 fully saturated rings. The van der Waals surface area contributed by atoms with Crippen molar-refractivity contribution in [1.82, 2.24) is 5.32 Å². The normalized spacial score (nSPS) is 19.1. The molecule has 2 rings (SSSR count). The molecule has 0 aliphatic heterocycles. The molecule has 100 valence electrons. The number of rotatable bonds is 5. The van der Waals surface area contributed by atoms with Crippen LogP contribution in [-0.2, 0) is 0 Å². The van der Waals surface area contributed by atoms with E-state index in [0.29, 0.717) is 11.5 Å². The first-order chi connectivity index (χ1) is 8.54. The van der Waals surface area contributed by atoms with E-state index in [-0.39, 0.29) is 0 Å². The minimum atomic E-state index is 0.345. The molecule has 0 heterocycles. The van der Waals surface area contributed by atoms with Crippen LogP contribution in [0.15, 0.2) is 18.2 Å². The van der Waals surface area contributed by atoms with E-state index in [1.54, 1.807) is 7.11 Å². The van der Waals surface area contributed by atoms with Gasteiger partial charge in [0.2, 0.25) is 0 Å². The number of methoxy groups -OCH3 is 1. The smallest absolute Gasteiger partial charge is 0.123 e. The van der Waals surface area contributed by atoms with Crippen molar-refractivity contribution in [3.63, 3.8) is 0 Å². The maximum atomic E-state index is 5.45. The first kappa shape index (κ1) is 13.4. The van der Waals surface area contributed by atoms with Gasteiger partial charge in [-0.05, 0) is 38.2 Å². The number of nitrogens with one attached hydrogen (secondary N) is 1. The van der Waals surface area contributed by atoms with Crippen LogP contribution in [0.25, 0.3) is 0 Å². The summed E-state index contributed by atoms with van der Waals surface area (Å²) in [5, 5.41) is 3.66. The summed E-state index contributed by atoms with van der Waals surface area (Å²) in [7, 11) is 1.74. The molecule has 1 aliphatic carbocycles. The first-order valence-corrected chi connectivity index (χ1v) is 6.92. The van der Waals surface area contributed by atoms with Gasteiger partial charge in [-0.15, -0.1) is 0 Å². The summed E-state index contributed by atoms with van der Waals surface area (Å²) in [5.74, 6) is 0.986. The number of hydrogen-bond donors (Lipinski definition) is 1. The second kappa shape index (κ2) is 5.31. The zero-order valence-electron chi connectivity index (χ0n) is 12.0. The van der Waals surface area contributed by atoms with Crippen LogP contribution in [0.3, 0.4) is 0 Å². The van der Waals surface area contributed by atoms with Crippen molar-refractivity contribution in [3.05, 3.63) is 29.3 Å². The van der Waals surface area contributed by atoms with E-state index in [0.717, 1.165) is 12.3 Å². The van der Waals surface area contributed by atoms with Crippen molar-refractivity contribution in [2.75, 3.05) is 13.7 Å². The molecule has 0 radical (unpaired) electrons. The highest BCUT2D eigenvalue weighted by molar-refractivity contribution is 5.38. The summed E-state index contributed by atoms with van der Waals surface area (Å²) in [6, 6.07) is 6.73. The summed E-state index contributed by atoms with van der Waals surface area (Å²) in [6.45, 7) is 7.83. The molecule has 0 spiro atoms. The summed E-state index contributed by atoms with van der Waals surface area (Å²) in [5.41, 5.74) is 3.07. The lowest BCUT2D eigenvalue weighted by molar-refractivity contribution is 0.151. The van der Waals surface area contributed by atoms with E-state index in [1.807, 2.05) is 0 Å². The van der Waals surface area contributed by atoms with Crippen molar-refractivity contribution in [2.24, 2.45) is 5.41 Å². The zero-order valence-corrected chi connectivity index (χ0v) is 12.0. The van der Waals surface area contributed by atoms with Gasteiger partial charge in [0.05, 0.1) is 7.11 Å². The lowest BCUT2D eigenvalue weighted by atomic mass is 9.70. The van der Waals surface area contributed by atoms with Crippen LogP contribution in [0, 0.1) is 12.3 Å². The Kier molecular flexibility index (Phi) is 3.96. The van der Waals surface area contributed by atoms with Gasteiger partial charge in [0.25, 0.3) is 0 Å². The molecule has 0 saturated heterocycles. The van der Waals surface area contributed by atoms with Crippen molar-refractivity contribution < 1.29 is 4.74 Å². The van der Waals surface area contributed by atoms with Crippen molar-refractivity contribution in [1.29, 1.82) is 0 Å². The molecular weight excluding hydrogens is 222 g/mol. The van der Waals surface area contributed by atoms with Crippen molar-refractivity contribution >= 4 is 0 Å². The van der Waals surface area contributed by atoms with Crippen LogP contribution in [0.2, 0.25) is 0 Å². The highest BCUT2D eigenvalue weighted by atomic mass is 16.5. The Morgan fingerprint density at radius 2 is 2.11 bits per heavy atom. The van der Waals surface area contributed by atoms with E-state index in [9.17, 15) is 0 Å². The monoisotopic (exact) mass is 247 g/mol. The Bertz CT molecular complexity index is 410. The molecule has 0 bridgehead atoms. The Morgan fingerprint density at radius 1 is 1.39 bits per heavy atom. The molecule has 1 unspecified atom stereocenters. The molecule has 1 N–H and O–H groups in total. The SMILES string of the molecule is COc1ccc(C)cc1C(C)NCC1(C)CCC1. The lowest BCUT2D eigenvalue weighted by Gasteiger charge is -2.39. The fourth-order valence-electron chi connectivity index (χ4n) is 2.66. The topological polar surface area (TPSA) is 21.3 Å². The van der Waals surface area contributed by atoms with E-state index < -0.39 is 0 Å². The Labute approximate surface area is 111 Å². The standard InChI is InChI=1S/C16H25NO/c1-12-6-7-15(18-4)14(10-12)13(2)17-11-16(3)8-5-9-16/h6-7,10,13,17H,5,8-9,11H2,1-4H3. The predicted octanol–water partition coefficient (Wildman–Crippen LogP) is 3.84. The van der Waals surface area contributed by atoms with Crippen LogP contribution in [-0.4, -0.2) is 13.7 Å². The largest absolute Gasteiger partial charge is 0.496 e. The van der Waals surface area contributed by atoms with Gasteiger partial charge < -0.3 is 10.1 Å². The summed E-state index contributed by atoms with van der Waals surface area (Å²) < 4.78 is 5.45. The molecule has 0 amide bonds. The Balaban J connectivity index is 2.03. The Morgan fingerprint density at radius 3 is 2.67 bits per heavy atom. The third-order valence-electron chi connectivity index (χ3n) is 4.25. The molecule has 1 aromatic rings. The molecule has 2 heteroatoms. The van der Waals surface area contributed by atoms with Gasteiger partial charge in [0.1, 0.15) is 5.75 Å². The van der Waals surface area contributed by atoms with Crippen LogP contribution in [0.4, 0.5) is 0 Å². The van der Waals surface area contributed by atoms with Crippen LogP contribution >= 0.6 is 0 Å². The second-order valence-electron chi connectivity index (χ2n) is 6.01. The molecule has 1 saturated carbocycles. The molecular formula is C16H25NO. The van der Waals surface area contributed by atoms with Gasteiger partial charge in [-0.2, -0.15) is 0 Å². The molecule has 2 nitrogen and oxygen atoms in total. The first-order valence-electron chi connectivity index (χ1n) is 6.92. The maximum Gasteiger partial charge on any atom is 0.123 e. The Hall–Kier alpha value is -1.02. The van der Waals surface area contributed by atoms with E-state index in [1.165, 1.54) is 30.4 Å². The fraction of sp³-hybridized carbons (Fsp3) is 0.625. The third kappa shape index (κ3) is 2.86. The van der Waals surface area contributed by atoms with Gasteiger partial charge >= 0.3 is 0 Å². The minimum Gasteiger partial charge on any atom is -0.496 e. The molecule has 0 aromatic heterocycles. The second-order valence-corrected chi connectivity index (χ2v) is 6.01. The average Bonchev–Trinajstić information content (AvgIpc) is 2.33. The number of hydrogen-bond acceptors (Lipinski definition) is 2.